The number of hydrogen-bond donors (Lipinski definition) is 2. The second kappa shape index (κ2) is 9.41. The first-order valence-electron chi connectivity index (χ1n) is 9.22. The Labute approximate surface area is 180 Å². The van der Waals surface area contributed by atoms with E-state index in [0.29, 0.717) is 18.2 Å². The Morgan fingerprint density at radius 3 is 2.45 bits per heavy atom. The second-order valence-corrected chi connectivity index (χ2v) is 7.12. The van der Waals surface area contributed by atoms with E-state index in [1.54, 1.807) is 18.3 Å². The van der Waals surface area contributed by atoms with Crippen LogP contribution in [0.2, 0.25) is 0 Å². The van der Waals surface area contributed by atoms with E-state index in [2.05, 4.69) is 9.97 Å². The molecule has 3 aromatic carbocycles. The number of H-pyrrole nitrogens is 1. The molecule has 9 heteroatoms. The fraction of sp³-hybridized carbons (Fsp3) is 0.0455. The van der Waals surface area contributed by atoms with E-state index in [4.69, 9.17) is 9.47 Å². The number of rotatable bonds is 8. The van der Waals surface area contributed by atoms with Crippen LogP contribution in [-0.4, -0.2) is 18.7 Å². The highest BCUT2D eigenvalue weighted by Gasteiger charge is 2.07. The zero-order valence-corrected chi connectivity index (χ0v) is 16.9. The minimum atomic E-state index is -2.60. The molecule has 0 amide bonds. The van der Waals surface area contributed by atoms with Gasteiger partial charge in [-0.3, -0.25) is 4.21 Å². The monoisotopic (exact) mass is 438 g/mol. The van der Waals surface area contributed by atoms with Crippen molar-refractivity contribution < 1.29 is 22.6 Å². The number of para-hydroxylation sites is 1. The van der Waals surface area contributed by atoms with Gasteiger partial charge in [-0.05, 0) is 54.1 Å². The molecular weight excluding hydrogens is 421 g/mol. The summed E-state index contributed by atoms with van der Waals surface area (Å²) in [6.45, 7) is 0.321. The average molecular weight is 438 g/mol. The predicted molar refractivity (Wildman–Crippen MR) is 114 cm³/mol. The summed E-state index contributed by atoms with van der Waals surface area (Å²) in [6, 6.07) is 20.5. The van der Waals surface area contributed by atoms with E-state index in [1.165, 1.54) is 12.1 Å². The lowest BCUT2D eigenvalue weighted by molar-refractivity contribution is 0.297. The smallest absolute Gasteiger partial charge is 0.150 e. The molecule has 4 aromatic rings. The van der Waals surface area contributed by atoms with Crippen LogP contribution in [0.4, 0.5) is 10.1 Å². The lowest BCUT2D eigenvalue weighted by atomic mass is 10.1. The Balaban J connectivity index is 1.39. The molecule has 0 fully saturated rings. The van der Waals surface area contributed by atoms with Crippen molar-refractivity contribution >= 4 is 17.0 Å². The molecule has 0 saturated heterocycles. The van der Waals surface area contributed by atoms with Crippen LogP contribution in [0, 0.1) is 5.82 Å². The van der Waals surface area contributed by atoms with Gasteiger partial charge in [0, 0.05) is 17.3 Å². The van der Waals surface area contributed by atoms with Gasteiger partial charge >= 0.3 is 0 Å². The topological polar surface area (TPSA) is 99.3 Å². The molecule has 0 bridgehead atoms. The van der Waals surface area contributed by atoms with Gasteiger partial charge in [-0.25, -0.2) is 9.37 Å². The van der Waals surface area contributed by atoms with E-state index in [0.717, 1.165) is 23.1 Å². The van der Waals surface area contributed by atoms with Crippen LogP contribution in [0.5, 0.6) is 17.2 Å². The molecule has 31 heavy (non-hydrogen) atoms. The molecule has 0 radical (unpaired) electrons. The summed E-state index contributed by atoms with van der Waals surface area (Å²) in [4.78, 5) is 7.55. The summed E-state index contributed by atoms with van der Waals surface area (Å²) in [6.07, 6.45) is 1.72. The van der Waals surface area contributed by atoms with Crippen molar-refractivity contribution in [1.82, 2.24) is 9.97 Å². The van der Waals surface area contributed by atoms with Gasteiger partial charge in [0.15, 0.2) is 5.82 Å². The molecule has 1 unspecified atom stereocenters. The van der Waals surface area contributed by atoms with Gasteiger partial charge < -0.3 is 23.7 Å². The van der Waals surface area contributed by atoms with Gasteiger partial charge in [-0.1, -0.05) is 18.2 Å². The van der Waals surface area contributed by atoms with Gasteiger partial charge in [0.2, 0.25) is 0 Å². The quantitative estimate of drug-likeness (QED) is 0.385. The highest BCUT2D eigenvalue weighted by atomic mass is 32.2. The van der Waals surface area contributed by atoms with Crippen LogP contribution < -0.4 is 14.2 Å². The number of nitrogens with one attached hydrogen (secondary N) is 2. The zero-order valence-electron chi connectivity index (χ0n) is 16.1. The minimum absolute atomic E-state index is 0.151. The number of nitrogens with zero attached hydrogens (tertiary/aromatic N) is 1. The summed E-state index contributed by atoms with van der Waals surface area (Å²) in [7, 11) is 0. The molecular formula is C22H17FN3O4S-. The minimum Gasteiger partial charge on any atom is -0.755 e. The highest BCUT2D eigenvalue weighted by molar-refractivity contribution is 7.80. The molecule has 2 N–H and O–H groups in total. The van der Waals surface area contributed by atoms with Gasteiger partial charge in [-0.2, -0.15) is 0 Å². The summed E-state index contributed by atoms with van der Waals surface area (Å²) >= 11 is -2.60. The number of halogens is 1. The highest BCUT2D eigenvalue weighted by Crippen LogP contribution is 2.28. The average Bonchev–Trinajstić information content (AvgIpc) is 3.24. The summed E-state index contributed by atoms with van der Waals surface area (Å²) in [5.41, 5.74) is 1.57. The molecule has 0 saturated carbocycles. The van der Waals surface area contributed by atoms with Crippen LogP contribution in [0.25, 0.3) is 11.3 Å². The zero-order chi connectivity index (χ0) is 21.6. The largest absolute Gasteiger partial charge is 0.755 e. The molecule has 0 spiro atoms. The van der Waals surface area contributed by atoms with Gasteiger partial charge in [0.25, 0.3) is 0 Å². The molecule has 1 aromatic heterocycles. The Bertz CT molecular complexity index is 1180. The SMILES string of the molecule is O=S([O-])Nc1ccc(Oc2ccc(-c3cnc(COc4ccccc4)[nH]3)cc2)cc1F. The third-order valence-corrected chi connectivity index (χ3v) is 4.67. The summed E-state index contributed by atoms with van der Waals surface area (Å²) in [5, 5.41) is 0. The predicted octanol–water partition coefficient (Wildman–Crippen LogP) is 4.79. The third kappa shape index (κ3) is 5.47. The fourth-order valence-electron chi connectivity index (χ4n) is 2.82. The maximum atomic E-state index is 13.9. The Kier molecular flexibility index (Phi) is 6.25. The van der Waals surface area contributed by atoms with Gasteiger partial charge in [-0.15, -0.1) is 0 Å². The molecule has 1 atom stereocenters. The molecule has 1 heterocycles. The van der Waals surface area contributed by atoms with Crippen molar-refractivity contribution in [2.24, 2.45) is 0 Å². The number of imidazole rings is 1. The first-order chi connectivity index (χ1) is 15.1. The van der Waals surface area contributed by atoms with Crippen molar-refractivity contribution in [1.29, 1.82) is 0 Å². The number of aromatic nitrogens is 2. The van der Waals surface area contributed by atoms with E-state index in [1.807, 2.05) is 47.2 Å². The number of anilines is 1. The third-order valence-electron chi connectivity index (χ3n) is 4.28. The standard InChI is InChI=1S/C22H18FN3O4S/c23-19-12-18(10-11-20(19)26-31(27)28)30-17-8-6-15(7-9-17)21-13-24-22(25-21)14-29-16-4-2-1-3-5-16/h1-13,26H,14H2,(H,24,25)(H,27,28)/p-1. The lowest BCUT2D eigenvalue weighted by Gasteiger charge is -2.11. The van der Waals surface area contributed by atoms with Gasteiger partial charge in [0.05, 0.1) is 17.6 Å². The number of hydrogen-bond acceptors (Lipinski definition) is 5. The maximum Gasteiger partial charge on any atom is 0.150 e. The summed E-state index contributed by atoms with van der Waals surface area (Å²) in [5.74, 6) is 1.48. The lowest BCUT2D eigenvalue weighted by Crippen LogP contribution is -2.04. The maximum absolute atomic E-state index is 13.9. The first kappa shape index (κ1) is 20.6. The fourth-order valence-corrected chi connectivity index (χ4v) is 3.17. The van der Waals surface area contributed by atoms with Gasteiger partial charge in [0.1, 0.15) is 29.7 Å². The Morgan fingerprint density at radius 1 is 1.00 bits per heavy atom. The van der Waals surface area contributed by atoms with Crippen molar-refractivity contribution in [2.45, 2.75) is 6.61 Å². The summed E-state index contributed by atoms with van der Waals surface area (Å²) < 4.78 is 48.5. The van der Waals surface area contributed by atoms with Crippen LogP contribution in [0.3, 0.4) is 0 Å². The van der Waals surface area contributed by atoms with Crippen LogP contribution in [-0.2, 0) is 17.9 Å². The van der Waals surface area contributed by atoms with Crippen LogP contribution in [0.1, 0.15) is 5.82 Å². The number of ether oxygens (including phenoxy) is 2. The Hall–Kier alpha value is -3.69. The Morgan fingerprint density at radius 2 is 1.74 bits per heavy atom. The number of aromatic amines is 1. The van der Waals surface area contributed by atoms with Crippen LogP contribution in [0.15, 0.2) is 79.0 Å². The first-order valence-corrected chi connectivity index (χ1v) is 10.3. The second-order valence-electron chi connectivity index (χ2n) is 6.45. The van der Waals surface area contributed by atoms with Crippen molar-refractivity contribution in [3.05, 3.63) is 90.6 Å². The van der Waals surface area contributed by atoms with E-state index < -0.39 is 17.1 Å². The van der Waals surface area contributed by atoms with Crippen molar-refractivity contribution in [2.75, 3.05) is 4.72 Å². The van der Waals surface area contributed by atoms with E-state index in [-0.39, 0.29) is 11.4 Å². The molecule has 0 aliphatic rings. The van der Waals surface area contributed by atoms with Crippen LogP contribution >= 0.6 is 0 Å². The number of benzene rings is 3. The normalized spacial score (nSPS) is 11.7. The molecule has 0 aliphatic carbocycles. The molecule has 0 aliphatic heterocycles. The molecule has 7 nitrogen and oxygen atoms in total. The van der Waals surface area contributed by atoms with E-state index >= 15 is 0 Å². The van der Waals surface area contributed by atoms with Crippen molar-refractivity contribution in [3.63, 3.8) is 0 Å². The van der Waals surface area contributed by atoms with E-state index in [9.17, 15) is 13.2 Å². The molecule has 158 valence electrons. The van der Waals surface area contributed by atoms with Crippen molar-refractivity contribution in [3.8, 4) is 28.5 Å². The molecule has 4 rings (SSSR count).